The number of para-hydroxylation sites is 1. The molecule has 0 saturated carbocycles. The van der Waals surface area contributed by atoms with E-state index in [1.807, 2.05) is 13.8 Å². The van der Waals surface area contributed by atoms with Gasteiger partial charge in [-0.25, -0.2) is 4.79 Å². The Morgan fingerprint density at radius 2 is 1.40 bits per heavy atom. The number of unbranched alkanes of at least 4 members (excludes halogenated alkanes) is 2. The van der Waals surface area contributed by atoms with Crippen LogP contribution in [-0.4, -0.2) is 92.5 Å². The van der Waals surface area contributed by atoms with Crippen molar-refractivity contribution in [1.29, 1.82) is 0 Å². The lowest BCUT2D eigenvalue weighted by Crippen LogP contribution is -2.63. The van der Waals surface area contributed by atoms with Gasteiger partial charge in [0.25, 0.3) is 0 Å². The Balaban J connectivity index is 1.97. The van der Waals surface area contributed by atoms with E-state index >= 15 is 0 Å². The molecule has 3 amide bonds. The third-order valence-electron chi connectivity index (χ3n) is 8.01. The van der Waals surface area contributed by atoms with Crippen LogP contribution in [0, 0.1) is 11.8 Å². The van der Waals surface area contributed by atoms with Gasteiger partial charge < -0.3 is 39.4 Å². The highest BCUT2D eigenvalue weighted by Crippen LogP contribution is 2.32. The third kappa shape index (κ3) is 11.9. The van der Waals surface area contributed by atoms with Crippen LogP contribution in [0.4, 0.5) is 10.5 Å². The van der Waals surface area contributed by atoms with Crippen molar-refractivity contribution >= 4 is 35.5 Å². The monoisotopic (exact) mass is 675 g/mol. The Morgan fingerprint density at radius 3 is 1.90 bits per heavy atom. The molecule has 7 atom stereocenters. The Kier molecular flexibility index (Phi) is 16.3. The van der Waals surface area contributed by atoms with Crippen molar-refractivity contribution in [2.75, 3.05) is 32.1 Å². The fourth-order valence-electron chi connectivity index (χ4n) is 5.32. The average Bonchev–Trinajstić information content (AvgIpc) is 3.07. The summed E-state index contributed by atoms with van der Waals surface area (Å²) < 4.78 is 28.8. The number of benzene rings is 1. The van der Waals surface area contributed by atoms with Gasteiger partial charge in [-0.2, -0.15) is 0 Å². The number of aliphatic hydroxyl groups is 1. The molecule has 1 fully saturated rings. The normalized spacial score (nSPS) is 26.0. The van der Waals surface area contributed by atoms with E-state index in [9.17, 15) is 29.1 Å². The maximum atomic E-state index is 13.7. The lowest BCUT2D eigenvalue weighted by molar-refractivity contribution is -0.300. The second kappa shape index (κ2) is 20.4. The number of methoxy groups -OCH3 is 1. The molecule has 2 aliphatic heterocycles. The molecule has 14 nitrogen and oxygen atoms in total. The van der Waals surface area contributed by atoms with Gasteiger partial charge in [0.2, 0.25) is 11.8 Å². The maximum absolute atomic E-state index is 13.7. The van der Waals surface area contributed by atoms with E-state index in [1.165, 1.54) is 7.11 Å². The van der Waals surface area contributed by atoms with Crippen molar-refractivity contribution in [2.24, 2.45) is 11.8 Å². The number of carbonyl (C=O) groups is 5. The van der Waals surface area contributed by atoms with Crippen molar-refractivity contribution in [3.05, 3.63) is 42.5 Å². The molecule has 0 unspecified atom stereocenters. The van der Waals surface area contributed by atoms with Crippen LogP contribution < -0.4 is 16.0 Å². The quantitative estimate of drug-likeness (QED) is 0.0983. The van der Waals surface area contributed by atoms with Gasteiger partial charge in [0.05, 0.1) is 18.4 Å². The highest BCUT2D eigenvalue weighted by atomic mass is 16.7. The van der Waals surface area contributed by atoms with Gasteiger partial charge in [0.15, 0.2) is 24.6 Å². The van der Waals surface area contributed by atoms with Crippen LogP contribution in [0.1, 0.15) is 65.2 Å². The third-order valence-corrected chi connectivity index (χ3v) is 8.01. The van der Waals surface area contributed by atoms with Crippen molar-refractivity contribution in [3.8, 4) is 0 Å². The summed E-state index contributed by atoms with van der Waals surface area (Å²) in [4.78, 5) is 66.0. The number of nitrogens with one attached hydrogen (secondary N) is 3. The highest BCUT2D eigenvalue weighted by Gasteiger charge is 2.53. The summed E-state index contributed by atoms with van der Waals surface area (Å²) in [5, 5.41) is 18.4. The maximum Gasteiger partial charge on any atom is 0.412 e. The van der Waals surface area contributed by atoms with Gasteiger partial charge in [-0.15, -0.1) is 0 Å². The second-order valence-corrected chi connectivity index (χ2v) is 11.8. The smallest absolute Gasteiger partial charge is 0.412 e. The fourth-order valence-corrected chi connectivity index (χ4v) is 5.32. The van der Waals surface area contributed by atoms with Crippen LogP contribution in [0.3, 0.4) is 0 Å². The molecule has 0 bridgehead atoms. The number of allylic oxidation sites excluding steroid dienone is 2. The molecule has 48 heavy (non-hydrogen) atoms. The van der Waals surface area contributed by atoms with E-state index in [2.05, 4.69) is 16.0 Å². The van der Waals surface area contributed by atoms with Gasteiger partial charge >= 0.3 is 18.0 Å². The van der Waals surface area contributed by atoms with E-state index < -0.39 is 67.2 Å². The SMILES string of the molecule is CCCCNC(=O)C[C@H]1CC=CC[C@H](CC(=O)NCCCC)C(=O)O[C@H]2[C@@H](OC)O[C@H](CO)[C@@H](OC(=O)Nc3ccccc3)[C@@H]2OC1=O. The molecule has 2 aliphatic rings. The van der Waals surface area contributed by atoms with Gasteiger partial charge in [-0.3, -0.25) is 24.5 Å². The minimum Gasteiger partial charge on any atom is -0.454 e. The molecule has 0 aliphatic carbocycles. The molecule has 2 heterocycles. The number of aliphatic hydroxyl groups excluding tert-OH is 1. The summed E-state index contributed by atoms with van der Waals surface area (Å²) in [6.07, 6.45) is -1.55. The molecule has 0 radical (unpaired) electrons. The van der Waals surface area contributed by atoms with E-state index in [0.717, 1.165) is 25.7 Å². The molecular weight excluding hydrogens is 626 g/mol. The Labute approximate surface area is 281 Å². The lowest BCUT2D eigenvalue weighted by Gasteiger charge is -2.44. The number of hydrogen-bond acceptors (Lipinski definition) is 11. The average molecular weight is 676 g/mol. The number of hydrogen-bond donors (Lipinski definition) is 4. The van der Waals surface area contributed by atoms with Crippen LogP contribution in [-0.2, 0) is 42.9 Å². The zero-order chi connectivity index (χ0) is 34.9. The zero-order valence-electron chi connectivity index (χ0n) is 27.9. The molecule has 0 aromatic heterocycles. The molecule has 1 saturated heterocycles. The van der Waals surface area contributed by atoms with E-state index in [0.29, 0.717) is 18.8 Å². The molecule has 14 heteroatoms. The predicted molar refractivity (Wildman–Crippen MR) is 173 cm³/mol. The minimum atomic E-state index is -1.52. The molecule has 1 aromatic rings. The largest absolute Gasteiger partial charge is 0.454 e. The molecule has 1 aromatic carbocycles. The summed E-state index contributed by atoms with van der Waals surface area (Å²) in [6, 6.07) is 8.43. The van der Waals surface area contributed by atoms with Crippen molar-refractivity contribution in [2.45, 2.75) is 95.9 Å². The number of fused-ring (bicyclic) bond motifs is 1. The van der Waals surface area contributed by atoms with Crippen LogP contribution in [0.5, 0.6) is 0 Å². The Hall–Kier alpha value is -4.01. The first kappa shape index (κ1) is 38.4. The van der Waals surface area contributed by atoms with Gasteiger partial charge in [0.1, 0.15) is 6.10 Å². The van der Waals surface area contributed by atoms with E-state index in [1.54, 1.807) is 42.5 Å². The first-order valence-corrected chi connectivity index (χ1v) is 16.6. The first-order chi connectivity index (χ1) is 23.2. The molecule has 4 N–H and O–H groups in total. The predicted octanol–water partition coefficient (Wildman–Crippen LogP) is 2.99. The Bertz CT molecular complexity index is 1230. The number of amides is 3. The lowest BCUT2D eigenvalue weighted by atomic mass is 9.94. The van der Waals surface area contributed by atoms with Crippen molar-refractivity contribution in [3.63, 3.8) is 0 Å². The first-order valence-electron chi connectivity index (χ1n) is 16.6. The zero-order valence-corrected chi connectivity index (χ0v) is 27.9. The summed E-state index contributed by atoms with van der Waals surface area (Å²) >= 11 is 0. The summed E-state index contributed by atoms with van der Waals surface area (Å²) in [5.74, 6) is -4.16. The number of esters is 2. The summed E-state index contributed by atoms with van der Waals surface area (Å²) in [6.45, 7) is 4.22. The summed E-state index contributed by atoms with van der Waals surface area (Å²) in [5.41, 5.74) is 0.411. The minimum absolute atomic E-state index is 0.0928. The second-order valence-electron chi connectivity index (χ2n) is 11.8. The topological polar surface area (TPSA) is 188 Å². The van der Waals surface area contributed by atoms with E-state index in [-0.39, 0.29) is 37.5 Å². The van der Waals surface area contributed by atoms with Gasteiger partial charge in [0, 0.05) is 38.7 Å². The highest BCUT2D eigenvalue weighted by molar-refractivity contribution is 5.85. The number of ether oxygens (including phenoxy) is 5. The van der Waals surface area contributed by atoms with Crippen LogP contribution in [0.25, 0.3) is 0 Å². The van der Waals surface area contributed by atoms with Gasteiger partial charge in [-0.1, -0.05) is 57.0 Å². The number of anilines is 1. The number of carbonyl (C=O) groups excluding carboxylic acids is 5. The number of rotatable bonds is 14. The van der Waals surface area contributed by atoms with Crippen LogP contribution in [0.2, 0.25) is 0 Å². The molecular formula is C34H49N3O11. The molecule has 266 valence electrons. The van der Waals surface area contributed by atoms with E-state index in [4.69, 9.17) is 23.7 Å². The van der Waals surface area contributed by atoms with Crippen LogP contribution >= 0.6 is 0 Å². The van der Waals surface area contributed by atoms with Crippen LogP contribution in [0.15, 0.2) is 42.5 Å². The van der Waals surface area contributed by atoms with Gasteiger partial charge in [-0.05, 0) is 37.8 Å². The Morgan fingerprint density at radius 1 is 0.854 bits per heavy atom. The fraction of sp³-hybridized carbons (Fsp3) is 0.618. The molecule has 3 rings (SSSR count). The van der Waals surface area contributed by atoms with Crippen molar-refractivity contribution < 1.29 is 52.8 Å². The molecule has 0 spiro atoms. The standard InChI is InChI=1S/C34H49N3O11/c1-4-6-17-35-26(39)19-22-13-11-12-14-23(20-27(40)36-18-7-5-2)32(42)47-30-29(46-31(22)41)28(25(21-38)45-33(30)44-3)48-34(43)37-24-15-9-8-10-16-24/h8-12,15-16,22-23,25,28-30,33,38H,4-7,13-14,17-21H2,1-3H3,(H,35,39)(H,36,40)(H,37,43)/t22-,23-,25-,28-,29+,30-,33+/m1/s1. The summed E-state index contributed by atoms with van der Waals surface area (Å²) in [7, 11) is 1.27. The van der Waals surface area contributed by atoms with Crippen molar-refractivity contribution in [1.82, 2.24) is 10.6 Å².